The number of amides is 1. The third-order valence-corrected chi connectivity index (χ3v) is 3.23. The van der Waals surface area contributed by atoms with Crippen LogP contribution in [0, 0.1) is 17.8 Å². The Morgan fingerprint density at radius 3 is 2.43 bits per heavy atom. The lowest BCUT2D eigenvalue weighted by molar-refractivity contribution is -0.137. The fourth-order valence-corrected chi connectivity index (χ4v) is 2.02. The summed E-state index contributed by atoms with van der Waals surface area (Å²) in [6.07, 6.45) is -0.624. The standard InChI is InChI=1S/C16H14F3NO/c1-2-3-15(21)20-10-13(11-20)5-4-12-6-8-14(9-7-12)16(17,18)19/h4-9,13H,10-11H2,1H3/b5-4+. The molecular formula is C16H14F3NO. The van der Waals surface area contributed by atoms with Gasteiger partial charge in [-0.25, -0.2) is 0 Å². The van der Waals surface area contributed by atoms with Crippen LogP contribution in [0.15, 0.2) is 30.3 Å². The van der Waals surface area contributed by atoms with Gasteiger partial charge in [-0.3, -0.25) is 4.79 Å². The Morgan fingerprint density at radius 1 is 1.29 bits per heavy atom. The third kappa shape index (κ3) is 3.88. The molecule has 1 amide bonds. The first-order chi connectivity index (χ1) is 9.90. The maximum atomic E-state index is 12.4. The lowest BCUT2D eigenvalue weighted by atomic mass is 9.98. The normalized spacial score (nSPS) is 15.5. The summed E-state index contributed by atoms with van der Waals surface area (Å²) in [5.41, 5.74) is 0.0549. The van der Waals surface area contributed by atoms with Crippen LogP contribution in [0.1, 0.15) is 18.1 Å². The highest BCUT2D eigenvalue weighted by Gasteiger charge is 2.30. The van der Waals surface area contributed by atoms with Crippen LogP contribution in [0.4, 0.5) is 13.2 Å². The predicted molar refractivity (Wildman–Crippen MR) is 74.0 cm³/mol. The SMILES string of the molecule is CC#CC(=O)N1CC(/C=C/c2ccc(C(F)(F)F)cc2)C1. The number of hydrogen-bond acceptors (Lipinski definition) is 1. The molecule has 0 unspecified atom stereocenters. The van der Waals surface area contributed by atoms with Gasteiger partial charge in [0.15, 0.2) is 0 Å². The largest absolute Gasteiger partial charge is 0.416 e. The van der Waals surface area contributed by atoms with Crippen LogP contribution in [0.25, 0.3) is 6.08 Å². The van der Waals surface area contributed by atoms with Crippen molar-refractivity contribution in [2.45, 2.75) is 13.1 Å². The molecule has 0 radical (unpaired) electrons. The van der Waals surface area contributed by atoms with E-state index in [1.54, 1.807) is 17.9 Å². The van der Waals surface area contributed by atoms with Crippen molar-refractivity contribution in [3.8, 4) is 11.8 Å². The van der Waals surface area contributed by atoms with E-state index in [4.69, 9.17) is 0 Å². The van der Waals surface area contributed by atoms with Gasteiger partial charge in [-0.05, 0) is 30.5 Å². The summed E-state index contributed by atoms with van der Waals surface area (Å²) in [7, 11) is 0. The van der Waals surface area contributed by atoms with Crippen molar-refractivity contribution < 1.29 is 18.0 Å². The van der Waals surface area contributed by atoms with E-state index in [1.165, 1.54) is 12.1 Å². The van der Waals surface area contributed by atoms with Gasteiger partial charge in [-0.2, -0.15) is 13.2 Å². The van der Waals surface area contributed by atoms with E-state index >= 15 is 0 Å². The van der Waals surface area contributed by atoms with Gasteiger partial charge in [-0.15, -0.1) is 0 Å². The van der Waals surface area contributed by atoms with Crippen molar-refractivity contribution >= 4 is 12.0 Å². The van der Waals surface area contributed by atoms with Crippen molar-refractivity contribution in [1.29, 1.82) is 0 Å². The second-order valence-electron chi connectivity index (χ2n) is 4.82. The molecule has 2 rings (SSSR count). The Kier molecular flexibility index (Phi) is 4.37. The fraction of sp³-hybridized carbons (Fsp3) is 0.312. The number of likely N-dealkylation sites (tertiary alicyclic amines) is 1. The molecular weight excluding hydrogens is 279 g/mol. The Balaban J connectivity index is 1.89. The Labute approximate surface area is 121 Å². The molecule has 5 heteroatoms. The number of nitrogens with zero attached hydrogens (tertiary/aromatic N) is 1. The molecule has 0 N–H and O–H groups in total. The fourth-order valence-electron chi connectivity index (χ4n) is 2.02. The molecule has 110 valence electrons. The first-order valence-electron chi connectivity index (χ1n) is 6.47. The molecule has 1 aliphatic heterocycles. The molecule has 1 aromatic carbocycles. The van der Waals surface area contributed by atoms with Crippen LogP contribution in [0.5, 0.6) is 0 Å². The lowest BCUT2D eigenvalue weighted by Crippen LogP contribution is -2.48. The van der Waals surface area contributed by atoms with Gasteiger partial charge in [0, 0.05) is 19.0 Å². The third-order valence-electron chi connectivity index (χ3n) is 3.23. The van der Waals surface area contributed by atoms with E-state index in [9.17, 15) is 18.0 Å². The van der Waals surface area contributed by atoms with Crippen molar-refractivity contribution in [3.05, 3.63) is 41.5 Å². The summed E-state index contributed by atoms with van der Waals surface area (Å²) < 4.78 is 37.2. The molecule has 0 atom stereocenters. The molecule has 1 aromatic rings. The van der Waals surface area contributed by atoms with Crippen LogP contribution < -0.4 is 0 Å². The predicted octanol–water partition coefficient (Wildman–Crippen LogP) is 3.20. The first-order valence-corrected chi connectivity index (χ1v) is 6.47. The van der Waals surface area contributed by atoms with Gasteiger partial charge in [-0.1, -0.05) is 30.2 Å². The Bertz CT molecular complexity index is 599. The van der Waals surface area contributed by atoms with E-state index in [1.807, 2.05) is 6.08 Å². The summed E-state index contributed by atoms with van der Waals surface area (Å²) in [4.78, 5) is 13.0. The lowest BCUT2D eigenvalue weighted by Gasteiger charge is -2.36. The van der Waals surface area contributed by atoms with Gasteiger partial charge < -0.3 is 4.90 Å². The number of hydrogen-bond donors (Lipinski definition) is 0. The molecule has 2 nitrogen and oxygen atoms in total. The van der Waals surface area contributed by atoms with E-state index in [-0.39, 0.29) is 11.8 Å². The minimum atomic E-state index is -4.31. The second-order valence-corrected chi connectivity index (χ2v) is 4.82. The van der Waals surface area contributed by atoms with Crippen LogP contribution in [0.3, 0.4) is 0 Å². The molecule has 1 aliphatic rings. The summed E-state index contributed by atoms with van der Waals surface area (Å²) >= 11 is 0. The smallest absolute Gasteiger partial charge is 0.331 e. The molecule has 0 bridgehead atoms. The van der Waals surface area contributed by atoms with Crippen molar-refractivity contribution in [2.24, 2.45) is 5.92 Å². The van der Waals surface area contributed by atoms with Crippen LogP contribution in [0.2, 0.25) is 0 Å². The van der Waals surface area contributed by atoms with Crippen LogP contribution >= 0.6 is 0 Å². The minimum Gasteiger partial charge on any atom is -0.331 e. The van der Waals surface area contributed by atoms with Gasteiger partial charge in [0.05, 0.1) is 5.56 Å². The topological polar surface area (TPSA) is 20.3 Å². The van der Waals surface area contributed by atoms with Crippen molar-refractivity contribution in [1.82, 2.24) is 4.90 Å². The first kappa shape index (κ1) is 15.2. The molecule has 0 aromatic heterocycles. The summed E-state index contributed by atoms with van der Waals surface area (Å²) in [5, 5.41) is 0. The highest BCUT2D eigenvalue weighted by atomic mass is 19.4. The maximum Gasteiger partial charge on any atom is 0.416 e. The zero-order chi connectivity index (χ0) is 15.5. The van der Waals surface area contributed by atoms with Gasteiger partial charge in [0.1, 0.15) is 0 Å². The van der Waals surface area contributed by atoms with E-state index in [2.05, 4.69) is 11.8 Å². The summed E-state index contributed by atoms with van der Waals surface area (Å²) in [6, 6.07) is 4.99. The highest BCUT2D eigenvalue weighted by Crippen LogP contribution is 2.29. The molecule has 1 fully saturated rings. The van der Waals surface area contributed by atoms with E-state index in [0.717, 1.165) is 12.1 Å². The van der Waals surface area contributed by atoms with E-state index < -0.39 is 11.7 Å². The van der Waals surface area contributed by atoms with Gasteiger partial charge in [0.2, 0.25) is 0 Å². The van der Waals surface area contributed by atoms with E-state index in [0.29, 0.717) is 18.7 Å². The molecule has 1 saturated heterocycles. The Morgan fingerprint density at radius 2 is 1.90 bits per heavy atom. The zero-order valence-electron chi connectivity index (χ0n) is 11.4. The molecule has 21 heavy (non-hydrogen) atoms. The van der Waals surface area contributed by atoms with Crippen molar-refractivity contribution in [2.75, 3.05) is 13.1 Å². The Hall–Kier alpha value is -2.22. The monoisotopic (exact) mass is 293 g/mol. The second kappa shape index (κ2) is 6.04. The number of carbonyl (C=O) groups excluding carboxylic acids is 1. The van der Waals surface area contributed by atoms with Crippen LogP contribution in [-0.2, 0) is 11.0 Å². The average molecular weight is 293 g/mol. The van der Waals surface area contributed by atoms with Crippen molar-refractivity contribution in [3.63, 3.8) is 0 Å². The quantitative estimate of drug-likeness (QED) is 0.767. The molecule has 0 aliphatic carbocycles. The molecule has 1 heterocycles. The highest BCUT2D eigenvalue weighted by molar-refractivity contribution is 5.94. The summed E-state index contributed by atoms with van der Waals surface area (Å²) in [5.74, 6) is 5.07. The maximum absolute atomic E-state index is 12.4. The zero-order valence-corrected chi connectivity index (χ0v) is 11.4. The van der Waals surface area contributed by atoms with Gasteiger partial charge in [0.25, 0.3) is 5.91 Å². The molecule has 0 spiro atoms. The number of benzene rings is 1. The van der Waals surface area contributed by atoms with Crippen LogP contribution in [-0.4, -0.2) is 23.9 Å². The van der Waals surface area contributed by atoms with Gasteiger partial charge >= 0.3 is 6.18 Å². The summed E-state index contributed by atoms with van der Waals surface area (Å²) in [6.45, 7) is 2.81. The number of rotatable bonds is 2. The number of halogens is 3. The number of alkyl halides is 3. The molecule has 0 saturated carbocycles. The minimum absolute atomic E-state index is 0.184. The average Bonchev–Trinajstić information content (AvgIpc) is 2.36. The number of carbonyl (C=O) groups is 1.